The van der Waals surface area contributed by atoms with Gasteiger partial charge >= 0.3 is 40.8 Å². The Hall–Kier alpha value is -3.89. The molecule has 1 aromatic heterocycles. The number of aryl methyl sites for hydroxylation is 2. The molecule has 0 radical (unpaired) electrons. The number of nitrogens with one attached hydrogen (secondary N) is 1. The van der Waals surface area contributed by atoms with Crippen molar-refractivity contribution in [1.82, 2.24) is 15.3 Å². The molecule has 11 nitrogen and oxygen atoms in total. The molecule has 56 heavy (non-hydrogen) atoms. The van der Waals surface area contributed by atoms with Gasteiger partial charge in [0.25, 0.3) is 0 Å². The number of hydrogen-bond acceptors (Lipinski definition) is 9. The molecule has 2 aliphatic heterocycles. The van der Waals surface area contributed by atoms with Crippen molar-refractivity contribution in [2.24, 2.45) is 16.3 Å². The van der Waals surface area contributed by atoms with E-state index in [9.17, 15) is 18.3 Å². The molecule has 13 heteroatoms. The fourth-order valence-electron chi connectivity index (χ4n) is 6.37. The number of rotatable bonds is 12. The summed E-state index contributed by atoms with van der Waals surface area (Å²) in [6.45, 7) is 15.3. The molecular weight excluding hydrogens is 722 g/mol. The average molecular weight is 777 g/mol. The molecule has 3 heterocycles. The SMILES string of the molecule is Cc1cccc(C)c1-c1cc(OC[C@@H]2N[C@H](C3=N[C-]=C(C=[C-]C(C)(C)C)CC/C=C\3)CCO[C@H]2CC(C)C)nc([NH2+]S(=O)(=O)c2cccc(C(=O)O)c2)n1.[CH3-].[Li+]. The number of sulfonamides is 1. The molecule has 0 amide bonds. The number of carbonyl (C=O) groups is 1. The van der Waals surface area contributed by atoms with Gasteiger partial charge in [-0.3, -0.25) is 5.57 Å². The molecule has 0 spiro atoms. The molecule has 4 N–H and O–H groups in total. The molecule has 2 aromatic carbocycles. The van der Waals surface area contributed by atoms with Crippen LogP contribution in [0, 0.1) is 44.9 Å². The van der Waals surface area contributed by atoms with Gasteiger partial charge in [0, 0.05) is 24.3 Å². The zero-order valence-corrected chi connectivity index (χ0v) is 35.0. The number of primary sulfonamides is 1. The minimum atomic E-state index is -4.14. The van der Waals surface area contributed by atoms with E-state index >= 15 is 0 Å². The molecule has 5 rings (SSSR count). The van der Waals surface area contributed by atoms with Crippen molar-refractivity contribution in [3.8, 4) is 17.1 Å². The minimum absolute atomic E-state index is 0. The maximum atomic E-state index is 13.6. The Bertz CT molecular complexity index is 2030. The summed E-state index contributed by atoms with van der Waals surface area (Å²) in [4.78, 5) is 25.4. The van der Waals surface area contributed by atoms with Gasteiger partial charge in [-0.05, 0) is 74.1 Å². The van der Waals surface area contributed by atoms with Crippen LogP contribution in [0.1, 0.15) is 81.8 Å². The van der Waals surface area contributed by atoms with Gasteiger partial charge in [-0.2, -0.15) is 24.3 Å². The van der Waals surface area contributed by atoms with Crippen LogP contribution in [0.5, 0.6) is 5.88 Å². The van der Waals surface area contributed by atoms with E-state index in [4.69, 9.17) is 14.5 Å². The Kier molecular flexibility index (Phi) is 17.0. The van der Waals surface area contributed by atoms with E-state index in [1.165, 1.54) is 18.2 Å². The molecule has 0 unspecified atom stereocenters. The molecule has 0 bridgehead atoms. The van der Waals surface area contributed by atoms with E-state index in [2.05, 4.69) is 74.3 Å². The summed E-state index contributed by atoms with van der Waals surface area (Å²) in [7, 11) is -4.14. The van der Waals surface area contributed by atoms with Crippen molar-refractivity contribution >= 4 is 27.7 Å². The maximum Gasteiger partial charge on any atom is 1.00 e. The largest absolute Gasteiger partial charge is 1.00 e. The first kappa shape index (κ1) is 46.5. The van der Waals surface area contributed by atoms with Crippen LogP contribution < -0.4 is 33.6 Å². The summed E-state index contributed by atoms with van der Waals surface area (Å²) in [6, 6.07) is 12.4. The van der Waals surface area contributed by atoms with Crippen molar-refractivity contribution < 1.29 is 51.4 Å². The summed E-state index contributed by atoms with van der Waals surface area (Å²) in [5.74, 6) is -0.758. The van der Waals surface area contributed by atoms with E-state index in [1.54, 1.807) is 6.07 Å². The molecule has 1 saturated heterocycles. The van der Waals surface area contributed by atoms with Gasteiger partial charge in [0.15, 0.2) is 0 Å². The van der Waals surface area contributed by atoms with Crippen LogP contribution in [0.4, 0.5) is 5.95 Å². The van der Waals surface area contributed by atoms with Crippen molar-refractivity contribution in [3.05, 3.63) is 109 Å². The summed E-state index contributed by atoms with van der Waals surface area (Å²) in [5, 5.41) is 13.2. The summed E-state index contributed by atoms with van der Waals surface area (Å²) < 4.78 is 41.0. The predicted octanol–water partition coefficient (Wildman–Crippen LogP) is 3.92. The first-order valence-electron chi connectivity index (χ1n) is 18.4. The fraction of sp³-hybridized carbons (Fsp3) is 0.419. The molecule has 3 atom stereocenters. The van der Waals surface area contributed by atoms with E-state index in [0.29, 0.717) is 24.6 Å². The van der Waals surface area contributed by atoms with E-state index in [1.807, 2.05) is 38.1 Å². The second-order valence-electron chi connectivity index (χ2n) is 15.3. The number of aliphatic imine (C=N–C) groups is 1. The standard InChI is InChI=1S/C42H51N5O6S.CH3.Li/c1-27(2)22-37-36(44-34(19-21-52-37)33-17-9-8-14-30(25-43-33)18-20-42(5,6)7)26-53-38-24-35(39-28(3)12-10-13-29(39)4)45-41(46-38)47-54(50,51)32-16-11-15-31(23-32)40(48)49;;/h9-13,15-18,23-24,27,34,36-37,44H,8,14,19,21-22,26H2,1-7H3,(H,48,49)(H,45,46,47);1H3;/q-2;-1;+1/p+1/b17-9-,43-33?;;/t34-,36-,37-;;/m0../s1. The van der Waals surface area contributed by atoms with Gasteiger partial charge in [-0.15, -0.1) is 16.8 Å². The maximum absolute atomic E-state index is 13.6. The summed E-state index contributed by atoms with van der Waals surface area (Å²) >= 11 is 0. The van der Waals surface area contributed by atoms with Gasteiger partial charge in [-0.1, -0.05) is 71.0 Å². The van der Waals surface area contributed by atoms with Crippen LogP contribution >= 0.6 is 0 Å². The summed E-state index contributed by atoms with van der Waals surface area (Å²) in [5.41, 5.74) is 4.91. The number of carboxylic acids is 1. The fourth-order valence-corrected chi connectivity index (χ4v) is 7.45. The topological polar surface area (TPSA) is 157 Å². The number of ether oxygens (including phenoxy) is 2. The Morgan fingerprint density at radius 3 is 2.54 bits per heavy atom. The number of nitrogens with zero attached hydrogens (tertiary/aromatic N) is 3. The average Bonchev–Trinajstić information content (AvgIpc) is 3.28. The second kappa shape index (κ2) is 20.5. The number of benzene rings is 2. The van der Waals surface area contributed by atoms with Gasteiger partial charge < -0.3 is 44.5 Å². The van der Waals surface area contributed by atoms with Crippen molar-refractivity contribution in [2.75, 3.05) is 13.2 Å². The monoisotopic (exact) mass is 776 g/mol. The Labute approximate surface area is 345 Å². The van der Waals surface area contributed by atoms with Crippen LogP contribution in [-0.2, 0) is 14.8 Å². The zero-order chi connectivity index (χ0) is 39.0. The molecule has 0 saturated carbocycles. The van der Waals surface area contributed by atoms with Crippen LogP contribution in [0.3, 0.4) is 0 Å². The predicted molar refractivity (Wildman–Crippen MR) is 215 cm³/mol. The number of carboxylic acid groups (broad SMARTS) is 1. The van der Waals surface area contributed by atoms with Crippen molar-refractivity contribution in [2.45, 2.75) is 97.2 Å². The number of aromatic carboxylic acids is 1. The first-order chi connectivity index (χ1) is 25.6. The quantitative estimate of drug-likeness (QED) is 0.183. The Morgan fingerprint density at radius 1 is 1.14 bits per heavy atom. The second-order valence-corrected chi connectivity index (χ2v) is 17.1. The number of hydrogen-bond donors (Lipinski definition) is 3. The molecule has 3 aromatic rings. The molecule has 0 aliphatic carbocycles. The smallest absolute Gasteiger partial charge is 0.478 e. The van der Waals surface area contributed by atoms with Crippen LogP contribution in [-0.4, -0.2) is 66.6 Å². The van der Waals surface area contributed by atoms with E-state index in [0.717, 1.165) is 58.0 Å². The van der Waals surface area contributed by atoms with E-state index in [-0.39, 0.29) is 78.8 Å². The van der Waals surface area contributed by atoms with Gasteiger partial charge in [-0.25, -0.2) is 4.79 Å². The van der Waals surface area contributed by atoms with E-state index < -0.39 is 16.0 Å². The first-order valence-corrected chi connectivity index (χ1v) is 20.0. The van der Waals surface area contributed by atoms with Crippen molar-refractivity contribution in [3.63, 3.8) is 0 Å². The molecular formula is C43H55LiN5O6S-. The van der Waals surface area contributed by atoms with Crippen LogP contribution in [0.15, 0.2) is 82.2 Å². The zero-order valence-electron chi connectivity index (χ0n) is 34.2. The minimum Gasteiger partial charge on any atom is -0.478 e. The third kappa shape index (κ3) is 13.1. The summed E-state index contributed by atoms with van der Waals surface area (Å²) in [6.07, 6.45) is 16.0. The van der Waals surface area contributed by atoms with Gasteiger partial charge in [0.2, 0.25) is 5.88 Å². The third-order valence-corrected chi connectivity index (χ3v) is 10.5. The molecule has 2 aliphatic rings. The van der Waals surface area contributed by atoms with Crippen molar-refractivity contribution in [1.29, 1.82) is 0 Å². The molecule has 1 fully saturated rings. The van der Waals surface area contributed by atoms with Gasteiger partial charge in [0.05, 0.1) is 23.4 Å². The Balaban J connectivity index is 0.00000420. The van der Waals surface area contributed by atoms with Crippen LogP contribution in [0.2, 0.25) is 0 Å². The van der Waals surface area contributed by atoms with Gasteiger partial charge in [0.1, 0.15) is 11.5 Å². The number of quaternary nitrogens is 1. The normalized spacial score (nSPS) is 19.8. The van der Waals surface area contributed by atoms with Crippen LogP contribution in [0.25, 0.3) is 11.3 Å². The Morgan fingerprint density at radius 2 is 1.86 bits per heavy atom. The number of nitrogens with two attached hydrogens (primary N) is 1. The third-order valence-electron chi connectivity index (χ3n) is 9.08. The number of aromatic nitrogens is 2. The molecule has 296 valence electrons. The number of allylic oxidation sites excluding steroid dienone is 4.